The Hall–Kier alpha value is -1.82. The molecule has 0 atom stereocenters. The second-order valence-corrected chi connectivity index (χ2v) is 4.03. The lowest BCUT2D eigenvalue weighted by Gasteiger charge is -2.17. The SMILES string of the molecule is CC(C)(N)COC(=O)c1ccc(C(=O)O)o1. The number of carboxylic acid groups (broad SMARTS) is 1. The quantitative estimate of drug-likeness (QED) is 0.740. The van der Waals surface area contributed by atoms with Crippen LogP contribution >= 0.6 is 0 Å². The minimum absolute atomic E-state index is 0.0228. The van der Waals surface area contributed by atoms with Crippen LogP contribution in [0.5, 0.6) is 0 Å². The maximum Gasteiger partial charge on any atom is 0.374 e. The third-order valence-corrected chi connectivity index (χ3v) is 1.59. The average Bonchev–Trinajstić information content (AvgIpc) is 2.61. The molecule has 0 aliphatic heterocycles. The molecule has 0 saturated heterocycles. The van der Waals surface area contributed by atoms with E-state index in [-0.39, 0.29) is 18.1 Å². The number of carboxylic acids is 1. The number of hydrogen-bond donors (Lipinski definition) is 2. The third kappa shape index (κ3) is 3.39. The molecule has 16 heavy (non-hydrogen) atoms. The zero-order valence-electron chi connectivity index (χ0n) is 9.02. The van der Waals surface area contributed by atoms with E-state index in [2.05, 4.69) is 0 Å². The first-order valence-electron chi connectivity index (χ1n) is 4.59. The smallest absolute Gasteiger partial charge is 0.374 e. The van der Waals surface area contributed by atoms with E-state index in [1.54, 1.807) is 13.8 Å². The van der Waals surface area contributed by atoms with Gasteiger partial charge in [-0.25, -0.2) is 9.59 Å². The van der Waals surface area contributed by atoms with Gasteiger partial charge >= 0.3 is 11.9 Å². The predicted molar refractivity (Wildman–Crippen MR) is 54.2 cm³/mol. The Morgan fingerprint density at radius 1 is 1.44 bits per heavy atom. The highest BCUT2D eigenvalue weighted by Crippen LogP contribution is 2.10. The maximum atomic E-state index is 11.4. The van der Waals surface area contributed by atoms with Crippen molar-refractivity contribution in [1.29, 1.82) is 0 Å². The summed E-state index contributed by atoms with van der Waals surface area (Å²) in [6, 6.07) is 2.43. The van der Waals surface area contributed by atoms with Gasteiger partial charge in [0.05, 0.1) is 0 Å². The van der Waals surface area contributed by atoms with Crippen molar-refractivity contribution < 1.29 is 23.8 Å². The molecule has 0 aliphatic rings. The molecule has 3 N–H and O–H groups in total. The summed E-state index contributed by atoms with van der Waals surface area (Å²) < 4.78 is 9.59. The number of ether oxygens (including phenoxy) is 1. The van der Waals surface area contributed by atoms with E-state index < -0.39 is 17.5 Å². The zero-order chi connectivity index (χ0) is 12.3. The molecule has 0 unspecified atom stereocenters. The molecule has 0 radical (unpaired) electrons. The van der Waals surface area contributed by atoms with Crippen molar-refractivity contribution in [1.82, 2.24) is 0 Å². The monoisotopic (exact) mass is 227 g/mol. The first kappa shape index (κ1) is 12.3. The highest BCUT2D eigenvalue weighted by molar-refractivity contribution is 5.90. The van der Waals surface area contributed by atoms with Gasteiger partial charge in [-0.3, -0.25) is 0 Å². The minimum atomic E-state index is -1.24. The zero-order valence-corrected chi connectivity index (χ0v) is 9.02. The largest absolute Gasteiger partial charge is 0.475 e. The van der Waals surface area contributed by atoms with Gasteiger partial charge in [0.25, 0.3) is 0 Å². The summed E-state index contributed by atoms with van der Waals surface area (Å²) in [6.07, 6.45) is 0. The van der Waals surface area contributed by atoms with Gasteiger partial charge in [-0.1, -0.05) is 0 Å². The number of carbonyl (C=O) groups is 2. The molecule has 88 valence electrons. The van der Waals surface area contributed by atoms with Gasteiger partial charge in [0, 0.05) is 5.54 Å². The summed E-state index contributed by atoms with van der Waals surface area (Å²) in [5.74, 6) is -2.43. The molecule has 1 rings (SSSR count). The van der Waals surface area contributed by atoms with Gasteiger partial charge in [-0.15, -0.1) is 0 Å². The van der Waals surface area contributed by atoms with Gasteiger partial charge in [0.2, 0.25) is 11.5 Å². The maximum absolute atomic E-state index is 11.4. The fourth-order valence-electron chi connectivity index (χ4n) is 0.885. The van der Waals surface area contributed by atoms with Crippen molar-refractivity contribution >= 4 is 11.9 Å². The van der Waals surface area contributed by atoms with Crippen molar-refractivity contribution in [2.45, 2.75) is 19.4 Å². The molecular weight excluding hydrogens is 214 g/mol. The molecular formula is C10H13NO5. The Morgan fingerprint density at radius 2 is 2.00 bits per heavy atom. The number of esters is 1. The Labute approximate surface area is 92.0 Å². The van der Waals surface area contributed by atoms with Crippen LogP contribution in [0.1, 0.15) is 35.0 Å². The van der Waals surface area contributed by atoms with Crippen LogP contribution in [0.25, 0.3) is 0 Å². The Morgan fingerprint density at radius 3 is 2.44 bits per heavy atom. The Kier molecular flexibility index (Phi) is 3.34. The van der Waals surface area contributed by atoms with Crippen molar-refractivity contribution in [2.24, 2.45) is 5.73 Å². The summed E-state index contributed by atoms with van der Waals surface area (Å²) in [4.78, 5) is 21.9. The number of rotatable bonds is 4. The standard InChI is InChI=1S/C10H13NO5/c1-10(2,11)5-15-9(14)7-4-3-6(16-7)8(12)13/h3-4H,5,11H2,1-2H3,(H,12,13). The third-order valence-electron chi connectivity index (χ3n) is 1.59. The van der Waals surface area contributed by atoms with Crippen LogP contribution < -0.4 is 5.73 Å². The molecule has 0 spiro atoms. The van der Waals surface area contributed by atoms with Gasteiger partial charge in [0.1, 0.15) is 6.61 Å². The molecule has 0 saturated carbocycles. The van der Waals surface area contributed by atoms with E-state index in [9.17, 15) is 9.59 Å². The van der Waals surface area contributed by atoms with Crippen LogP contribution in [0.15, 0.2) is 16.5 Å². The van der Waals surface area contributed by atoms with Crippen LogP contribution in [-0.4, -0.2) is 29.2 Å². The minimum Gasteiger partial charge on any atom is -0.475 e. The van der Waals surface area contributed by atoms with Crippen LogP contribution in [0, 0.1) is 0 Å². The number of nitrogens with two attached hydrogens (primary N) is 1. The van der Waals surface area contributed by atoms with Crippen molar-refractivity contribution in [3.05, 3.63) is 23.7 Å². The van der Waals surface area contributed by atoms with E-state index in [0.717, 1.165) is 0 Å². The molecule has 0 fully saturated rings. The first-order chi connectivity index (χ1) is 7.29. The molecule has 0 aromatic carbocycles. The fraction of sp³-hybridized carbons (Fsp3) is 0.400. The molecule has 1 heterocycles. The van der Waals surface area contributed by atoms with Crippen molar-refractivity contribution in [3.63, 3.8) is 0 Å². The predicted octanol–water partition coefficient (Wildman–Crippen LogP) is 0.872. The first-order valence-corrected chi connectivity index (χ1v) is 4.59. The molecule has 1 aromatic rings. The van der Waals surface area contributed by atoms with Crippen LogP contribution in [0.3, 0.4) is 0 Å². The molecule has 0 bridgehead atoms. The van der Waals surface area contributed by atoms with Crippen LogP contribution in [-0.2, 0) is 4.74 Å². The summed E-state index contributed by atoms with van der Waals surface area (Å²) in [5, 5.41) is 8.57. The fourth-order valence-corrected chi connectivity index (χ4v) is 0.885. The molecule has 1 aromatic heterocycles. The highest BCUT2D eigenvalue weighted by atomic mass is 16.5. The Balaban J connectivity index is 2.63. The number of aromatic carboxylic acids is 1. The van der Waals surface area contributed by atoms with E-state index in [0.29, 0.717) is 0 Å². The Bertz CT molecular complexity index is 402. The van der Waals surface area contributed by atoms with Crippen molar-refractivity contribution in [2.75, 3.05) is 6.61 Å². The topological polar surface area (TPSA) is 103 Å². The van der Waals surface area contributed by atoms with E-state index in [1.165, 1.54) is 12.1 Å². The van der Waals surface area contributed by atoms with Gasteiger partial charge in [-0.05, 0) is 26.0 Å². The van der Waals surface area contributed by atoms with Gasteiger partial charge in [0.15, 0.2) is 0 Å². The molecule has 6 nitrogen and oxygen atoms in total. The highest BCUT2D eigenvalue weighted by Gasteiger charge is 2.19. The second kappa shape index (κ2) is 4.36. The van der Waals surface area contributed by atoms with Crippen molar-refractivity contribution in [3.8, 4) is 0 Å². The normalized spacial score (nSPS) is 11.2. The second-order valence-electron chi connectivity index (χ2n) is 4.03. The van der Waals surface area contributed by atoms with Crippen LogP contribution in [0.4, 0.5) is 0 Å². The van der Waals surface area contributed by atoms with Crippen LogP contribution in [0.2, 0.25) is 0 Å². The number of hydrogen-bond acceptors (Lipinski definition) is 5. The number of carbonyl (C=O) groups excluding carboxylic acids is 1. The van der Waals surface area contributed by atoms with E-state index >= 15 is 0 Å². The summed E-state index contributed by atoms with van der Waals surface area (Å²) in [6.45, 7) is 3.42. The molecule has 0 amide bonds. The molecule has 6 heteroatoms. The lowest BCUT2D eigenvalue weighted by Crippen LogP contribution is -2.38. The lowest BCUT2D eigenvalue weighted by molar-refractivity contribution is 0.0393. The average molecular weight is 227 g/mol. The lowest BCUT2D eigenvalue weighted by atomic mass is 10.1. The summed E-state index contributed by atoms with van der Waals surface area (Å²) in [7, 11) is 0. The van der Waals surface area contributed by atoms with E-state index in [4.69, 9.17) is 20.0 Å². The molecule has 0 aliphatic carbocycles. The summed E-state index contributed by atoms with van der Waals surface area (Å²) in [5.41, 5.74) is 4.97. The number of furan rings is 1. The van der Waals surface area contributed by atoms with Gasteiger partial charge < -0.3 is 20.0 Å². The van der Waals surface area contributed by atoms with Gasteiger partial charge in [-0.2, -0.15) is 0 Å². The summed E-state index contributed by atoms with van der Waals surface area (Å²) >= 11 is 0. The van der Waals surface area contributed by atoms with E-state index in [1.807, 2.05) is 0 Å².